The van der Waals surface area contributed by atoms with E-state index in [4.69, 9.17) is 4.74 Å². The Morgan fingerprint density at radius 2 is 1.32 bits per heavy atom. The molecule has 0 aromatic heterocycles. The fraction of sp³-hybridized carbons (Fsp3) is 0.486. The van der Waals surface area contributed by atoms with Gasteiger partial charge in [-0.05, 0) is 89.8 Å². The van der Waals surface area contributed by atoms with Crippen LogP contribution in [-0.4, -0.2) is 17.4 Å². The van der Waals surface area contributed by atoms with Crippen molar-refractivity contribution in [3.8, 4) is 16.9 Å². The summed E-state index contributed by atoms with van der Waals surface area (Å²) in [5, 5.41) is 1.70. The van der Waals surface area contributed by atoms with Gasteiger partial charge in [0.25, 0.3) is 0 Å². The zero-order valence-electron chi connectivity index (χ0n) is 23.9. The molecule has 0 unspecified atom stereocenters. The Hall–Kier alpha value is -1.45. The molecular weight excluding hydrogens is 574 g/mol. The summed E-state index contributed by atoms with van der Waals surface area (Å²) in [5.41, 5.74) is 7.35. The second kappa shape index (κ2) is 16.0. The molecule has 0 radical (unpaired) electrons. The standard InChI is InChI=1S/C28H39OP.C7H7.Pd/c1-21(2)29-26-19-12-13-22(3)28(26)25-18-10-11-20-27(25)30(23-14-6-4-7-15-23)24-16-8-5-9-17-24;1-7-5-3-2-4-6-7;/h10-13,18-21,23-24H,4-9,14-17H2,1-3H3;3-6H,1H3;/q;-1;+2/p+1. The van der Waals surface area contributed by atoms with E-state index in [1.54, 1.807) is 5.30 Å². The molecule has 3 aromatic rings. The van der Waals surface area contributed by atoms with E-state index in [2.05, 4.69) is 76.2 Å². The molecule has 2 aliphatic carbocycles. The van der Waals surface area contributed by atoms with Crippen LogP contribution in [0.3, 0.4) is 0 Å². The van der Waals surface area contributed by atoms with E-state index in [1.807, 2.05) is 24.3 Å². The van der Waals surface area contributed by atoms with Crippen LogP contribution >= 0.6 is 7.92 Å². The molecule has 1 nitrogen and oxygen atoms in total. The van der Waals surface area contributed by atoms with Crippen LogP contribution in [0.4, 0.5) is 0 Å². The number of benzene rings is 3. The molecule has 0 aliphatic heterocycles. The predicted octanol–water partition coefficient (Wildman–Crippen LogP) is 9.75. The van der Waals surface area contributed by atoms with E-state index in [9.17, 15) is 0 Å². The summed E-state index contributed by atoms with van der Waals surface area (Å²) in [7, 11) is -0.617. The van der Waals surface area contributed by atoms with Crippen molar-refractivity contribution in [3.05, 3.63) is 83.9 Å². The second-order valence-electron chi connectivity index (χ2n) is 11.4. The van der Waals surface area contributed by atoms with Crippen LogP contribution < -0.4 is 10.0 Å². The maximum atomic E-state index is 6.32. The Morgan fingerprint density at radius 3 is 1.84 bits per heavy atom. The SMILES string of the molecule is Cc1cc[c-]cc1.Cc1cccc(OC(C)C)c1-c1ccccc1[PH+](C1CCCCC1)C1CCCCC1.[Pd+2]. The molecule has 0 bridgehead atoms. The van der Waals surface area contributed by atoms with Gasteiger partial charge >= 0.3 is 20.4 Å². The van der Waals surface area contributed by atoms with Gasteiger partial charge in [-0.1, -0.05) is 50.1 Å². The van der Waals surface area contributed by atoms with Gasteiger partial charge in [0.05, 0.1) is 22.7 Å². The maximum absolute atomic E-state index is 6.32. The summed E-state index contributed by atoms with van der Waals surface area (Å²) in [6, 6.07) is 26.8. The fourth-order valence-electron chi connectivity index (χ4n) is 6.36. The molecule has 0 atom stereocenters. The summed E-state index contributed by atoms with van der Waals surface area (Å²) in [4.78, 5) is 0. The van der Waals surface area contributed by atoms with Crippen LogP contribution in [0, 0.1) is 19.9 Å². The first-order valence-corrected chi connectivity index (χ1v) is 16.4. The van der Waals surface area contributed by atoms with Gasteiger partial charge in [0.15, 0.2) is 0 Å². The van der Waals surface area contributed by atoms with Crippen molar-refractivity contribution in [1.82, 2.24) is 0 Å². The summed E-state index contributed by atoms with van der Waals surface area (Å²) in [6.07, 6.45) is 14.7. The Bertz CT molecular complexity index is 1070. The van der Waals surface area contributed by atoms with Crippen LogP contribution in [0.5, 0.6) is 5.75 Å². The van der Waals surface area contributed by atoms with E-state index in [-0.39, 0.29) is 26.5 Å². The number of rotatable bonds is 6. The van der Waals surface area contributed by atoms with Crippen LogP contribution in [0.15, 0.2) is 66.7 Å². The normalized spacial score (nSPS) is 16.5. The molecule has 3 aromatic carbocycles. The molecule has 0 amide bonds. The van der Waals surface area contributed by atoms with E-state index in [1.165, 1.54) is 86.5 Å². The molecule has 38 heavy (non-hydrogen) atoms. The minimum atomic E-state index is -0.617. The summed E-state index contributed by atoms with van der Waals surface area (Å²) < 4.78 is 6.32. The molecule has 2 aliphatic rings. The van der Waals surface area contributed by atoms with E-state index >= 15 is 0 Å². The third-order valence-corrected chi connectivity index (χ3v) is 12.1. The van der Waals surface area contributed by atoms with Crippen molar-refractivity contribution in [2.24, 2.45) is 0 Å². The summed E-state index contributed by atoms with van der Waals surface area (Å²) >= 11 is 0. The van der Waals surface area contributed by atoms with Crippen molar-refractivity contribution >= 4 is 13.2 Å². The Balaban J connectivity index is 0.000000435. The zero-order valence-corrected chi connectivity index (χ0v) is 26.4. The molecule has 0 spiro atoms. The summed E-state index contributed by atoms with van der Waals surface area (Å²) in [5.74, 6) is 1.06. The molecule has 206 valence electrons. The zero-order chi connectivity index (χ0) is 26.0. The molecule has 0 N–H and O–H groups in total. The summed E-state index contributed by atoms with van der Waals surface area (Å²) in [6.45, 7) is 8.59. The van der Waals surface area contributed by atoms with Crippen LogP contribution in [0.25, 0.3) is 11.1 Å². The molecule has 2 saturated carbocycles. The van der Waals surface area contributed by atoms with Crippen LogP contribution in [0.2, 0.25) is 0 Å². The Labute approximate surface area is 247 Å². The van der Waals surface area contributed by atoms with Gasteiger partial charge in [-0.15, -0.1) is 0 Å². The van der Waals surface area contributed by atoms with E-state index < -0.39 is 7.92 Å². The first-order chi connectivity index (χ1) is 18.0. The first kappa shape index (κ1) is 31.1. The van der Waals surface area contributed by atoms with Gasteiger partial charge in [-0.3, -0.25) is 0 Å². The minimum absolute atomic E-state index is 0. The Kier molecular flexibility index (Phi) is 13.1. The monoisotopic (exact) mass is 620 g/mol. The Morgan fingerprint density at radius 1 is 0.737 bits per heavy atom. The number of hydrogen-bond acceptors (Lipinski definition) is 1. The van der Waals surface area contributed by atoms with Crippen molar-refractivity contribution in [3.63, 3.8) is 0 Å². The quantitative estimate of drug-likeness (QED) is 0.151. The molecule has 3 heteroatoms. The third-order valence-electron chi connectivity index (χ3n) is 8.08. The van der Waals surface area contributed by atoms with E-state index in [0.717, 1.165) is 17.1 Å². The average Bonchev–Trinajstić information content (AvgIpc) is 2.91. The van der Waals surface area contributed by atoms with Crippen molar-refractivity contribution in [2.45, 2.75) is 109 Å². The maximum Gasteiger partial charge on any atom is 2.00 e. The molecule has 5 rings (SSSR count). The largest absolute Gasteiger partial charge is 2.00 e. The van der Waals surface area contributed by atoms with Gasteiger partial charge < -0.3 is 4.74 Å². The average molecular weight is 621 g/mol. The van der Waals surface area contributed by atoms with Crippen LogP contribution in [-0.2, 0) is 20.4 Å². The first-order valence-electron chi connectivity index (χ1n) is 14.7. The minimum Gasteiger partial charge on any atom is -0.490 e. The van der Waals surface area contributed by atoms with E-state index in [0.29, 0.717) is 0 Å². The third kappa shape index (κ3) is 8.52. The van der Waals surface area contributed by atoms with Gasteiger partial charge in [-0.2, -0.15) is 35.9 Å². The van der Waals surface area contributed by atoms with Crippen molar-refractivity contribution in [1.29, 1.82) is 0 Å². The van der Waals surface area contributed by atoms with Crippen molar-refractivity contribution < 1.29 is 25.2 Å². The van der Waals surface area contributed by atoms with Crippen LogP contribution in [0.1, 0.15) is 89.2 Å². The van der Waals surface area contributed by atoms with Gasteiger partial charge in [-0.25, -0.2) is 0 Å². The smallest absolute Gasteiger partial charge is 0.490 e. The number of ether oxygens (including phenoxy) is 1. The topological polar surface area (TPSA) is 9.23 Å². The molecule has 2 fully saturated rings. The predicted molar refractivity (Wildman–Crippen MR) is 164 cm³/mol. The van der Waals surface area contributed by atoms with Crippen molar-refractivity contribution in [2.75, 3.05) is 0 Å². The number of aryl methyl sites for hydroxylation is 2. The fourth-order valence-corrected chi connectivity index (χ4v) is 10.8. The van der Waals surface area contributed by atoms with Gasteiger partial charge in [0.1, 0.15) is 5.75 Å². The number of hydrogen-bond donors (Lipinski definition) is 0. The molecule has 0 heterocycles. The van der Waals surface area contributed by atoms with Gasteiger partial charge in [0, 0.05) is 19.0 Å². The van der Waals surface area contributed by atoms with Gasteiger partial charge in [0.2, 0.25) is 0 Å². The molecular formula is C35H47OPPd+2. The second-order valence-corrected chi connectivity index (χ2v) is 14.4. The molecule has 0 saturated heterocycles.